The molecular weight excluding hydrogens is 311 g/mol. The molecule has 0 bridgehead atoms. The van der Waals surface area contributed by atoms with Crippen molar-refractivity contribution in [3.05, 3.63) is 51.4 Å². The fourth-order valence-electron chi connectivity index (χ4n) is 1.88. The van der Waals surface area contributed by atoms with Crippen LogP contribution in [0.2, 0.25) is 5.02 Å². The van der Waals surface area contributed by atoms with E-state index in [1.165, 1.54) is 23.1 Å². The summed E-state index contributed by atoms with van der Waals surface area (Å²) in [6.45, 7) is 3.81. The molecule has 0 atom stereocenters. The summed E-state index contributed by atoms with van der Waals surface area (Å²) in [7, 11) is 0. The average Bonchev–Trinajstić information content (AvgIpc) is 2.95. The quantitative estimate of drug-likeness (QED) is 0.870. The van der Waals surface area contributed by atoms with Gasteiger partial charge < -0.3 is 5.32 Å². The average molecular weight is 327 g/mol. The van der Waals surface area contributed by atoms with E-state index in [4.69, 9.17) is 11.6 Å². The molecule has 2 aromatic rings. The van der Waals surface area contributed by atoms with Crippen molar-refractivity contribution in [3.63, 3.8) is 0 Å². The van der Waals surface area contributed by atoms with Crippen molar-refractivity contribution < 1.29 is 9.18 Å². The number of nitrogens with zero attached hydrogens (tertiary/aromatic N) is 1. The summed E-state index contributed by atoms with van der Waals surface area (Å²) in [6, 6.07) is 8.18. The molecular formula is C15H16ClFN2OS. The lowest BCUT2D eigenvalue weighted by atomic mass is 10.3. The van der Waals surface area contributed by atoms with Crippen LogP contribution in [0.3, 0.4) is 0 Å². The molecule has 0 aliphatic rings. The van der Waals surface area contributed by atoms with Gasteiger partial charge in [0.1, 0.15) is 5.82 Å². The van der Waals surface area contributed by atoms with Crippen molar-refractivity contribution in [1.82, 2.24) is 4.90 Å². The number of halogens is 2. The van der Waals surface area contributed by atoms with Gasteiger partial charge in [-0.1, -0.05) is 24.6 Å². The number of hydrogen-bond acceptors (Lipinski definition) is 3. The molecule has 0 unspecified atom stereocenters. The minimum Gasteiger partial charge on any atom is -0.325 e. The van der Waals surface area contributed by atoms with Gasteiger partial charge in [0.25, 0.3) is 0 Å². The number of hydrogen-bond donors (Lipinski definition) is 1. The van der Waals surface area contributed by atoms with Crippen LogP contribution in [0.15, 0.2) is 35.7 Å². The van der Waals surface area contributed by atoms with Crippen LogP contribution < -0.4 is 5.32 Å². The highest BCUT2D eigenvalue weighted by Gasteiger charge is 2.11. The van der Waals surface area contributed by atoms with Crippen molar-refractivity contribution in [2.24, 2.45) is 0 Å². The van der Waals surface area contributed by atoms with E-state index in [9.17, 15) is 9.18 Å². The van der Waals surface area contributed by atoms with Gasteiger partial charge in [0.2, 0.25) is 5.91 Å². The van der Waals surface area contributed by atoms with Gasteiger partial charge in [-0.3, -0.25) is 9.69 Å². The molecule has 0 saturated carbocycles. The molecule has 3 nitrogen and oxygen atoms in total. The summed E-state index contributed by atoms with van der Waals surface area (Å²) >= 11 is 7.36. The molecule has 0 aliphatic heterocycles. The van der Waals surface area contributed by atoms with Gasteiger partial charge in [0.15, 0.2) is 0 Å². The second-order valence-electron chi connectivity index (χ2n) is 4.56. The number of nitrogens with one attached hydrogen (secondary N) is 1. The molecule has 0 spiro atoms. The molecule has 0 saturated heterocycles. The SMILES string of the molecule is CCN(CC(=O)Nc1ccc(F)c(Cl)c1)Cc1cccs1. The number of rotatable bonds is 6. The first-order valence-corrected chi connectivity index (χ1v) is 7.84. The largest absolute Gasteiger partial charge is 0.325 e. The first-order valence-electron chi connectivity index (χ1n) is 6.58. The maximum atomic E-state index is 13.1. The van der Waals surface area contributed by atoms with Crippen LogP contribution in [0.5, 0.6) is 0 Å². The molecule has 6 heteroatoms. The Morgan fingerprint density at radius 1 is 1.43 bits per heavy atom. The standard InChI is InChI=1S/C15H16ClFN2OS/c1-2-19(9-12-4-3-7-21-12)10-15(20)18-11-5-6-14(17)13(16)8-11/h3-8H,2,9-10H2,1H3,(H,18,20). The van der Waals surface area contributed by atoms with Gasteiger partial charge in [-0.05, 0) is 36.2 Å². The Labute approximate surface area is 132 Å². The second-order valence-corrected chi connectivity index (χ2v) is 6.00. The maximum absolute atomic E-state index is 13.1. The lowest BCUT2D eigenvalue weighted by Gasteiger charge is -2.19. The van der Waals surface area contributed by atoms with Crippen LogP contribution in [-0.2, 0) is 11.3 Å². The van der Waals surface area contributed by atoms with E-state index in [0.29, 0.717) is 5.69 Å². The zero-order chi connectivity index (χ0) is 15.2. The van der Waals surface area contributed by atoms with Crippen molar-refractivity contribution in [2.45, 2.75) is 13.5 Å². The van der Waals surface area contributed by atoms with Gasteiger partial charge in [-0.15, -0.1) is 11.3 Å². The van der Waals surface area contributed by atoms with Crippen molar-refractivity contribution in [1.29, 1.82) is 0 Å². The summed E-state index contributed by atoms with van der Waals surface area (Å²) in [5.74, 6) is -0.640. The highest BCUT2D eigenvalue weighted by atomic mass is 35.5. The Kier molecular flexibility index (Phi) is 5.73. The van der Waals surface area contributed by atoms with E-state index in [2.05, 4.69) is 5.32 Å². The Bertz CT molecular complexity index is 604. The number of thiophene rings is 1. The number of anilines is 1. The molecule has 21 heavy (non-hydrogen) atoms. The molecule has 112 valence electrons. The van der Waals surface area contributed by atoms with E-state index in [1.807, 2.05) is 29.3 Å². The Hall–Kier alpha value is -1.43. The van der Waals surface area contributed by atoms with E-state index >= 15 is 0 Å². The topological polar surface area (TPSA) is 32.3 Å². The third-order valence-corrected chi connectivity index (χ3v) is 4.13. The lowest BCUT2D eigenvalue weighted by Crippen LogP contribution is -2.32. The first kappa shape index (κ1) is 15.9. The van der Waals surface area contributed by atoms with Gasteiger partial charge in [-0.2, -0.15) is 0 Å². The summed E-state index contributed by atoms with van der Waals surface area (Å²) in [4.78, 5) is 15.3. The Morgan fingerprint density at radius 2 is 2.24 bits per heavy atom. The number of amides is 1. The third kappa shape index (κ3) is 4.81. The fraction of sp³-hybridized carbons (Fsp3) is 0.267. The molecule has 1 amide bonds. The summed E-state index contributed by atoms with van der Waals surface area (Å²) < 4.78 is 13.1. The third-order valence-electron chi connectivity index (χ3n) is 2.98. The number of carbonyl (C=O) groups excluding carboxylic acids is 1. The zero-order valence-electron chi connectivity index (χ0n) is 11.6. The van der Waals surface area contributed by atoms with Crippen LogP contribution in [0.1, 0.15) is 11.8 Å². The highest BCUT2D eigenvalue weighted by Crippen LogP contribution is 2.19. The first-order chi connectivity index (χ1) is 10.1. The lowest BCUT2D eigenvalue weighted by molar-refractivity contribution is -0.117. The molecule has 1 aromatic carbocycles. The minimum absolute atomic E-state index is 0.00117. The summed E-state index contributed by atoms with van der Waals surface area (Å²) in [6.07, 6.45) is 0. The molecule has 1 N–H and O–H groups in total. The van der Waals surface area contributed by atoms with Crippen LogP contribution in [-0.4, -0.2) is 23.9 Å². The molecule has 1 heterocycles. The Morgan fingerprint density at radius 3 is 2.86 bits per heavy atom. The smallest absolute Gasteiger partial charge is 0.238 e. The predicted octanol–water partition coefficient (Wildman–Crippen LogP) is 4.00. The maximum Gasteiger partial charge on any atom is 0.238 e. The van der Waals surface area contributed by atoms with Crippen LogP contribution in [0.4, 0.5) is 10.1 Å². The van der Waals surface area contributed by atoms with E-state index in [1.54, 1.807) is 11.3 Å². The van der Waals surface area contributed by atoms with Crippen LogP contribution >= 0.6 is 22.9 Å². The fourth-order valence-corrected chi connectivity index (χ4v) is 2.81. The molecule has 1 aromatic heterocycles. The zero-order valence-corrected chi connectivity index (χ0v) is 13.2. The van der Waals surface area contributed by atoms with Gasteiger partial charge in [-0.25, -0.2) is 4.39 Å². The van der Waals surface area contributed by atoms with Gasteiger partial charge in [0.05, 0.1) is 11.6 Å². The van der Waals surface area contributed by atoms with Crippen LogP contribution in [0.25, 0.3) is 0 Å². The molecule has 0 radical (unpaired) electrons. The van der Waals surface area contributed by atoms with Crippen molar-refractivity contribution in [3.8, 4) is 0 Å². The van der Waals surface area contributed by atoms with E-state index in [0.717, 1.165) is 13.1 Å². The van der Waals surface area contributed by atoms with E-state index < -0.39 is 5.82 Å². The van der Waals surface area contributed by atoms with Crippen LogP contribution in [0, 0.1) is 5.82 Å². The number of likely N-dealkylation sites (N-methyl/N-ethyl adjacent to an activating group) is 1. The predicted molar refractivity (Wildman–Crippen MR) is 85.3 cm³/mol. The van der Waals surface area contributed by atoms with E-state index in [-0.39, 0.29) is 17.5 Å². The van der Waals surface area contributed by atoms with Crippen molar-refractivity contribution in [2.75, 3.05) is 18.4 Å². The number of carbonyl (C=O) groups is 1. The summed E-state index contributed by atoms with van der Waals surface area (Å²) in [5, 5.41) is 4.74. The second kappa shape index (κ2) is 7.54. The minimum atomic E-state index is -0.498. The normalized spacial score (nSPS) is 10.9. The molecule has 0 fully saturated rings. The molecule has 2 rings (SSSR count). The highest BCUT2D eigenvalue weighted by molar-refractivity contribution is 7.09. The van der Waals surface area contributed by atoms with Gasteiger partial charge >= 0.3 is 0 Å². The van der Waals surface area contributed by atoms with Crippen molar-refractivity contribution >= 4 is 34.5 Å². The summed E-state index contributed by atoms with van der Waals surface area (Å²) in [5.41, 5.74) is 0.499. The van der Waals surface area contributed by atoms with Gasteiger partial charge in [0, 0.05) is 17.1 Å². The number of benzene rings is 1. The monoisotopic (exact) mass is 326 g/mol. The Balaban J connectivity index is 1.91. The molecule has 0 aliphatic carbocycles.